The minimum atomic E-state index is -3.53. The maximum atomic E-state index is 14.2. The zero-order chi connectivity index (χ0) is 21.8. The summed E-state index contributed by atoms with van der Waals surface area (Å²) in [5, 5.41) is 0. The van der Waals surface area contributed by atoms with Gasteiger partial charge in [0.2, 0.25) is 0 Å². The van der Waals surface area contributed by atoms with Gasteiger partial charge in [0, 0.05) is 5.69 Å². The maximum absolute atomic E-state index is 14.2. The zero-order valence-corrected chi connectivity index (χ0v) is 19.1. The summed E-state index contributed by atoms with van der Waals surface area (Å²) in [6, 6.07) is 26.5. The molecule has 160 valence electrons. The molecular formula is C26H28NO3P. The third kappa shape index (κ3) is 4.24. The molecule has 0 aliphatic carbocycles. The molecule has 1 atom stereocenters. The lowest BCUT2D eigenvalue weighted by atomic mass is 9.97. The average molecular weight is 433 g/mol. The molecule has 0 N–H and O–H groups in total. The summed E-state index contributed by atoms with van der Waals surface area (Å²) in [4.78, 5) is 2.11. The van der Waals surface area contributed by atoms with E-state index < -0.39 is 13.4 Å². The Morgan fingerprint density at radius 2 is 1.45 bits per heavy atom. The van der Waals surface area contributed by atoms with Crippen molar-refractivity contribution in [1.29, 1.82) is 0 Å². The molecule has 0 amide bonds. The van der Waals surface area contributed by atoms with Crippen LogP contribution in [-0.4, -0.2) is 13.2 Å². The molecule has 0 bridgehead atoms. The quantitative estimate of drug-likeness (QED) is 0.367. The lowest BCUT2D eigenvalue weighted by Gasteiger charge is -2.42. The van der Waals surface area contributed by atoms with Gasteiger partial charge >= 0.3 is 7.60 Å². The first-order valence-electron chi connectivity index (χ1n) is 10.7. The molecule has 0 aromatic heterocycles. The number of hydrogen-bond acceptors (Lipinski definition) is 4. The summed E-state index contributed by atoms with van der Waals surface area (Å²) >= 11 is 0. The molecule has 0 saturated heterocycles. The van der Waals surface area contributed by atoms with Crippen LogP contribution in [-0.2, 0) is 13.6 Å². The van der Waals surface area contributed by atoms with Crippen molar-refractivity contribution in [2.24, 2.45) is 0 Å². The molecule has 1 aliphatic heterocycles. The fourth-order valence-electron chi connectivity index (χ4n) is 4.03. The van der Waals surface area contributed by atoms with Crippen LogP contribution in [0.3, 0.4) is 0 Å². The van der Waals surface area contributed by atoms with Crippen LogP contribution in [0.4, 0.5) is 5.69 Å². The first-order valence-corrected chi connectivity index (χ1v) is 12.3. The van der Waals surface area contributed by atoms with Crippen LogP contribution in [0, 0.1) is 6.92 Å². The van der Waals surface area contributed by atoms with E-state index in [1.807, 2.05) is 50.2 Å². The van der Waals surface area contributed by atoms with Gasteiger partial charge in [0.25, 0.3) is 0 Å². The van der Waals surface area contributed by atoms with Crippen LogP contribution in [0.5, 0.6) is 0 Å². The van der Waals surface area contributed by atoms with Crippen LogP contribution in [0.1, 0.15) is 41.9 Å². The Morgan fingerprint density at radius 3 is 2.10 bits per heavy atom. The normalized spacial score (nSPS) is 16.0. The Morgan fingerprint density at radius 1 is 0.839 bits per heavy atom. The van der Waals surface area contributed by atoms with E-state index in [1.165, 1.54) is 5.56 Å². The van der Waals surface area contributed by atoms with Crippen molar-refractivity contribution in [2.75, 3.05) is 18.1 Å². The number of rotatable bonds is 7. The fraction of sp³-hybridized carbons (Fsp3) is 0.231. The van der Waals surface area contributed by atoms with Crippen molar-refractivity contribution in [2.45, 2.75) is 26.6 Å². The van der Waals surface area contributed by atoms with Gasteiger partial charge in [0.05, 0.1) is 18.9 Å². The lowest BCUT2D eigenvalue weighted by molar-refractivity contribution is 0.212. The number of benzene rings is 3. The number of nitrogens with zero attached hydrogens (tertiary/aromatic N) is 1. The maximum Gasteiger partial charge on any atom is 0.357 e. The zero-order valence-electron chi connectivity index (χ0n) is 18.2. The average Bonchev–Trinajstić information content (AvgIpc) is 2.79. The lowest BCUT2D eigenvalue weighted by Crippen LogP contribution is -2.31. The predicted molar refractivity (Wildman–Crippen MR) is 128 cm³/mol. The SMILES string of the molecule is CCOP(=O)(OCC)C1c2ccccc2C=C(c2ccccc2)N1c1ccc(C)cc1. The van der Waals surface area contributed by atoms with Crippen LogP contribution in [0.15, 0.2) is 78.9 Å². The van der Waals surface area contributed by atoms with Crippen LogP contribution < -0.4 is 4.90 Å². The van der Waals surface area contributed by atoms with E-state index in [1.54, 1.807) is 0 Å². The highest BCUT2D eigenvalue weighted by atomic mass is 31.2. The second-order valence-electron chi connectivity index (χ2n) is 7.48. The van der Waals surface area contributed by atoms with Gasteiger partial charge in [-0.05, 0) is 55.7 Å². The Bertz CT molecular complexity index is 1100. The Kier molecular flexibility index (Phi) is 6.43. The van der Waals surface area contributed by atoms with E-state index in [-0.39, 0.29) is 0 Å². The van der Waals surface area contributed by atoms with E-state index in [2.05, 4.69) is 60.4 Å². The molecule has 1 unspecified atom stereocenters. The van der Waals surface area contributed by atoms with Gasteiger partial charge in [0.15, 0.2) is 5.78 Å². The van der Waals surface area contributed by atoms with Gasteiger partial charge in [0.1, 0.15) is 0 Å². The second kappa shape index (κ2) is 9.23. The van der Waals surface area contributed by atoms with Gasteiger partial charge < -0.3 is 13.9 Å². The Labute approximate surface area is 184 Å². The predicted octanol–water partition coefficient (Wildman–Crippen LogP) is 7.28. The van der Waals surface area contributed by atoms with E-state index in [9.17, 15) is 4.57 Å². The molecule has 0 fully saturated rings. The third-order valence-corrected chi connectivity index (χ3v) is 7.71. The number of hydrogen-bond donors (Lipinski definition) is 0. The Balaban J connectivity index is 2.00. The number of fused-ring (bicyclic) bond motifs is 1. The minimum Gasteiger partial charge on any atom is -0.322 e. The summed E-state index contributed by atoms with van der Waals surface area (Å²) < 4.78 is 26.0. The fourth-order valence-corrected chi connectivity index (χ4v) is 6.23. The van der Waals surface area contributed by atoms with Crippen molar-refractivity contribution in [3.05, 3.63) is 101 Å². The molecule has 4 rings (SSSR count). The topological polar surface area (TPSA) is 38.8 Å². The summed E-state index contributed by atoms with van der Waals surface area (Å²) in [5.74, 6) is -0.591. The molecule has 0 saturated carbocycles. The first-order chi connectivity index (χ1) is 15.1. The van der Waals surface area contributed by atoms with E-state index >= 15 is 0 Å². The van der Waals surface area contributed by atoms with Gasteiger partial charge in [-0.3, -0.25) is 4.57 Å². The highest BCUT2D eigenvalue weighted by Crippen LogP contribution is 2.65. The monoisotopic (exact) mass is 433 g/mol. The summed E-state index contributed by atoms with van der Waals surface area (Å²) in [5.41, 5.74) is 6.08. The first kappa shape index (κ1) is 21.6. The standard InChI is InChI=1S/C26H28NO3P/c1-4-29-31(28,30-5-2)26-24-14-10-9-13-22(24)19-25(21-11-7-6-8-12-21)27(26)23-17-15-20(3)16-18-23/h6-19,26H,4-5H2,1-3H3. The van der Waals surface area contributed by atoms with E-state index in [4.69, 9.17) is 9.05 Å². The summed E-state index contributed by atoms with van der Waals surface area (Å²) in [7, 11) is -3.53. The number of anilines is 1. The van der Waals surface area contributed by atoms with Crippen LogP contribution in [0.25, 0.3) is 11.8 Å². The largest absolute Gasteiger partial charge is 0.357 e. The molecule has 3 aromatic rings. The molecule has 3 aromatic carbocycles. The summed E-state index contributed by atoms with van der Waals surface area (Å²) in [6.45, 7) is 6.38. The van der Waals surface area contributed by atoms with Crippen molar-refractivity contribution in [1.82, 2.24) is 0 Å². The van der Waals surface area contributed by atoms with Gasteiger partial charge in [-0.2, -0.15) is 0 Å². The molecular weight excluding hydrogens is 405 g/mol. The van der Waals surface area contributed by atoms with Crippen molar-refractivity contribution in [3.63, 3.8) is 0 Å². The summed E-state index contributed by atoms with van der Waals surface area (Å²) in [6.07, 6.45) is 2.16. The van der Waals surface area contributed by atoms with Crippen molar-refractivity contribution in [3.8, 4) is 0 Å². The highest BCUT2D eigenvalue weighted by molar-refractivity contribution is 7.54. The van der Waals surface area contributed by atoms with Gasteiger partial charge in [-0.25, -0.2) is 0 Å². The third-order valence-electron chi connectivity index (χ3n) is 5.37. The highest BCUT2D eigenvalue weighted by Gasteiger charge is 2.45. The van der Waals surface area contributed by atoms with Crippen LogP contribution >= 0.6 is 7.60 Å². The Hall–Kier alpha value is -2.65. The second-order valence-corrected chi connectivity index (χ2v) is 9.56. The van der Waals surface area contributed by atoms with E-state index in [0.717, 1.165) is 28.1 Å². The van der Waals surface area contributed by atoms with Crippen molar-refractivity contribution < 1.29 is 13.6 Å². The molecule has 1 heterocycles. The van der Waals surface area contributed by atoms with Gasteiger partial charge in [-0.15, -0.1) is 0 Å². The molecule has 5 heteroatoms. The molecule has 0 radical (unpaired) electrons. The minimum absolute atomic E-state index is 0.308. The van der Waals surface area contributed by atoms with Crippen LogP contribution in [0.2, 0.25) is 0 Å². The van der Waals surface area contributed by atoms with Gasteiger partial charge in [-0.1, -0.05) is 72.3 Å². The van der Waals surface area contributed by atoms with E-state index in [0.29, 0.717) is 13.2 Å². The molecule has 31 heavy (non-hydrogen) atoms. The van der Waals surface area contributed by atoms with Crippen molar-refractivity contribution >= 4 is 25.1 Å². The smallest absolute Gasteiger partial charge is 0.322 e. The molecule has 1 aliphatic rings. The number of aryl methyl sites for hydroxylation is 1. The molecule has 4 nitrogen and oxygen atoms in total. The molecule has 0 spiro atoms.